The summed E-state index contributed by atoms with van der Waals surface area (Å²) >= 11 is 1.55. The summed E-state index contributed by atoms with van der Waals surface area (Å²) in [5.74, 6) is 0.852. The van der Waals surface area contributed by atoms with Crippen LogP contribution >= 0.6 is 11.3 Å². The highest BCUT2D eigenvalue weighted by Gasteiger charge is 2.18. The van der Waals surface area contributed by atoms with Gasteiger partial charge in [0, 0.05) is 24.5 Å². The van der Waals surface area contributed by atoms with Crippen LogP contribution in [0.2, 0.25) is 0 Å². The van der Waals surface area contributed by atoms with Crippen LogP contribution in [0.15, 0.2) is 52.6 Å². The van der Waals surface area contributed by atoms with Crippen LogP contribution in [0.25, 0.3) is 10.7 Å². The first kappa shape index (κ1) is 18.3. The minimum atomic E-state index is 0.00999. The van der Waals surface area contributed by atoms with Gasteiger partial charge in [0.1, 0.15) is 10.8 Å². The van der Waals surface area contributed by atoms with Crippen LogP contribution in [0, 0.1) is 0 Å². The predicted octanol–water partition coefficient (Wildman–Crippen LogP) is 3.15. The zero-order chi connectivity index (χ0) is 18.4. The zero-order valence-corrected chi connectivity index (χ0v) is 15.7. The number of amides is 1. The zero-order valence-electron chi connectivity index (χ0n) is 14.9. The second kappa shape index (κ2) is 8.73. The molecule has 0 fully saturated rings. The van der Waals surface area contributed by atoms with Crippen LogP contribution < -0.4 is 5.32 Å². The number of thiazole rings is 1. The average Bonchev–Trinajstić information content (AvgIpc) is 3.33. The van der Waals surface area contributed by atoms with E-state index < -0.39 is 0 Å². The fourth-order valence-corrected chi connectivity index (χ4v) is 3.42. The number of hydrogen-bond donors (Lipinski definition) is 1. The summed E-state index contributed by atoms with van der Waals surface area (Å²) < 4.78 is 5.46. The molecular formula is C19H22N4O2S. The average molecular weight is 370 g/mol. The van der Waals surface area contributed by atoms with Gasteiger partial charge in [-0.3, -0.25) is 14.7 Å². The van der Waals surface area contributed by atoms with Crippen molar-refractivity contribution in [2.45, 2.75) is 18.9 Å². The van der Waals surface area contributed by atoms with Gasteiger partial charge in [0.25, 0.3) is 0 Å². The molecule has 7 heteroatoms. The molecule has 1 unspecified atom stereocenters. The number of carbonyl (C=O) groups is 1. The van der Waals surface area contributed by atoms with Crippen molar-refractivity contribution < 1.29 is 9.21 Å². The molecule has 0 aromatic carbocycles. The lowest BCUT2D eigenvalue weighted by Gasteiger charge is -2.22. The Kier molecular flexibility index (Phi) is 6.14. The van der Waals surface area contributed by atoms with Crippen LogP contribution in [0.1, 0.15) is 23.9 Å². The highest BCUT2D eigenvalue weighted by Crippen LogP contribution is 2.22. The van der Waals surface area contributed by atoms with E-state index in [4.69, 9.17) is 4.42 Å². The molecule has 1 N–H and O–H groups in total. The van der Waals surface area contributed by atoms with Gasteiger partial charge in [-0.25, -0.2) is 4.98 Å². The van der Waals surface area contributed by atoms with Crippen LogP contribution in [-0.4, -0.2) is 41.4 Å². The standard InChI is InChI=1S/C19H22N4O2S/c1-23(2)16(17-7-5-11-25-17)12-21-18(24)9-8-14-13-26-19(22-14)15-6-3-4-10-20-15/h3-7,10-11,13,16H,8-9,12H2,1-2H3,(H,21,24). The van der Waals surface area contributed by atoms with Gasteiger partial charge in [-0.15, -0.1) is 11.3 Å². The maximum Gasteiger partial charge on any atom is 0.220 e. The third-order valence-electron chi connectivity index (χ3n) is 4.03. The molecule has 6 nitrogen and oxygen atoms in total. The molecule has 0 radical (unpaired) electrons. The number of furan rings is 1. The van der Waals surface area contributed by atoms with Crippen molar-refractivity contribution in [3.63, 3.8) is 0 Å². The van der Waals surface area contributed by atoms with Crippen LogP contribution in [0.5, 0.6) is 0 Å². The van der Waals surface area contributed by atoms with Crippen molar-refractivity contribution >= 4 is 17.2 Å². The normalized spacial score (nSPS) is 12.3. The number of aromatic nitrogens is 2. The van der Waals surface area contributed by atoms with Crippen molar-refractivity contribution in [3.8, 4) is 10.7 Å². The Morgan fingerprint density at radius 3 is 2.88 bits per heavy atom. The molecule has 3 rings (SSSR count). The lowest BCUT2D eigenvalue weighted by atomic mass is 10.2. The highest BCUT2D eigenvalue weighted by atomic mass is 32.1. The minimum absolute atomic E-state index is 0.00999. The molecule has 3 aromatic heterocycles. The van der Waals surface area contributed by atoms with E-state index in [1.54, 1.807) is 23.8 Å². The number of nitrogens with one attached hydrogen (secondary N) is 1. The van der Waals surface area contributed by atoms with Crippen molar-refractivity contribution in [1.29, 1.82) is 0 Å². The second-order valence-corrected chi connectivity index (χ2v) is 7.02. The summed E-state index contributed by atoms with van der Waals surface area (Å²) in [4.78, 5) is 23.1. The Bertz CT molecular complexity index is 815. The number of aryl methyl sites for hydroxylation is 1. The Hall–Kier alpha value is -2.51. The molecule has 0 saturated heterocycles. The quantitative estimate of drug-likeness (QED) is 0.659. The molecule has 0 bridgehead atoms. The topological polar surface area (TPSA) is 71.3 Å². The second-order valence-electron chi connectivity index (χ2n) is 6.16. The van der Waals surface area contributed by atoms with Gasteiger partial charge in [-0.1, -0.05) is 6.07 Å². The van der Waals surface area contributed by atoms with E-state index in [-0.39, 0.29) is 11.9 Å². The fraction of sp³-hybridized carbons (Fsp3) is 0.316. The highest BCUT2D eigenvalue weighted by molar-refractivity contribution is 7.13. The van der Waals surface area contributed by atoms with E-state index in [0.717, 1.165) is 22.2 Å². The monoisotopic (exact) mass is 370 g/mol. The first-order valence-corrected chi connectivity index (χ1v) is 9.34. The molecule has 136 valence electrons. The molecular weight excluding hydrogens is 348 g/mol. The van der Waals surface area contributed by atoms with Gasteiger partial charge in [0.2, 0.25) is 5.91 Å². The maximum absolute atomic E-state index is 12.2. The molecule has 0 aliphatic heterocycles. The lowest BCUT2D eigenvalue weighted by molar-refractivity contribution is -0.121. The summed E-state index contributed by atoms with van der Waals surface area (Å²) in [5, 5.41) is 5.85. The number of pyridine rings is 1. The summed E-state index contributed by atoms with van der Waals surface area (Å²) in [5.41, 5.74) is 1.78. The van der Waals surface area contributed by atoms with Crippen molar-refractivity contribution in [1.82, 2.24) is 20.2 Å². The molecule has 0 aliphatic carbocycles. The van der Waals surface area contributed by atoms with E-state index >= 15 is 0 Å². The molecule has 0 spiro atoms. The van der Waals surface area contributed by atoms with Gasteiger partial charge >= 0.3 is 0 Å². The number of carbonyl (C=O) groups excluding carboxylic acids is 1. The van der Waals surface area contributed by atoms with Gasteiger partial charge in [-0.05, 0) is 44.8 Å². The molecule has 3 aromatic rings. The fourth-order valence-electron chi connectivity index (χ4n) is 2.59. The van der Waals surface area contributed by atoms with Crippen LogP contribution in [0.3, 0.4) is 0 Å². The Balaban J connectivity index is 1.49. The first-order valence-electron chi connectivity index (χ1n) is 8.46. The van der Waals surface area contributed by atoms with E-state index in [1.807, 2.05) is 54.7 Å². The summed E-state index contributed by atoms with van der Waals surface area (Å²) in [6.07, 6.45) is 4.42. The largest absolute Gasteiger partial charge is 0.468 e. The van der Waals surface area contributed by atoms with Gasteiger partial charge in [0.15, 0.2) is 0 Å². The van der Waals surface area contributed by atoms with E-state index in [0.29, 0.717) is 19.4 Å². The summed E-state index contributed by atoms with van der Waals surface area (Å²) in [7, 11) is 3.93. The van der Waals surface area contributed by atoms with E-state index in [2.05, 4.69) is 15.3 Å². The number of nitrogens with zero attached hydrogens (tertiary/aromatic N) is 3. The van der Waals surface area contributed by atoms with Crippen molar-refractivity contribution in [3.05, 3.63) is 59.6 Å². The van der Waals surface area contributed by atoms with Crippen LogP contribution in [0.4, 0.5) is 0 Å². The number of hydrogen-bond acceptors (Lipinski definition) is 6. The Morgan fingerprint density at radius 2 is 2.19 bits per heavy atom. The molecule has 3 heterocycles. The molecule has 1 amide bonds. The minimum Gasteiger partial charge on any atom is -0.468 e. The molecule has 0 aliphatic rings. The van der Waals surface area contributed by atoms with Gasteiger partial charge in [-0.2, -0.15) is 0 Å². The summed E-state index contributed by atoms with van der Waals surface area (Å²) in [6.45, 7) is 0.510. The Morgan fingerprint density at radius 1 is 1.31 bits per heavy atom. The van der Waals surface area contributed by atoms with Crippen molar-refractivity contribution in [2.75, 3.05) is 20.6 Å². The van der Waals surface area contributed by atoms with Crippen LogP contribution in [-0.2, 0) is 11.2 Å². The van der Waals surface area contributed by atoms with E-state index in [1.165, 1.54) is 0 Å². The van der Waals surface area contributed by atoms with Crippen molar-refractivity contribution in [2.24, 2.45) is 0 Å². The first-order chi connectivity index (χ1) is 12.6. The number of likely N-dealkylation sites (N-methyl/N-ethyl adjacent to an activating group) is 1. The third-order valence-corrected chi connectivity index (χ3v) is 4.95. The molecule has 26 heavy (non-hydrogen) atoms. The lowest BCUT2D eigenvalue weighted by Crippen LogP contribution is -2.34. The molecule has 1 atom stereocenters. The summed E-state index contributed by atoms with van der Waals surface area (Å²) in [6, 6.07) is 9.55. The molecule has 0 saturated carbocycles. The van der Waals surface area contributed by atoms with Gasteiger partial charge in [0.05, 0.1) is 23.7 Å². The third kappa shape index (κ3) is 4.77. The Labute approximate surface area is 156 Å². The predicted molar refractivity (Wildman–Crippen MR) is 102 cm³/mol. The van der Waals surface area contributed by atoms with E-state index in [9.17, 15) is 4.79 Å². The van der Waals surface area contributed by atoms with Gasteiger partial charge < -0.3 is 9.73 Å². The maximum atomic E-state index is 12.2. The smallest absolute Gasteiger partial charge is 0.220 e. The SMILES string of the molecule is CN(C)C(CNC(=O)CCc1csc(-c2ccccn2)n1)c1ccco1. The number of rotatable bonds is 8.